The van der Waals surface area contributed by atoms with Crippen molar-refractivity contribution in [3.8, 4) is 5.75 Å². The van der Waals surface area contributed by atoms with Crippen molar-refractivity contribution < 1.29 is 19.1 Å². The molecule has 1 fully saturated rings. The number of ether oxygens (including phenoxy) is 2. The minimum Gasteiger partial charge on any atom is -0.479 e. The summed E-state index contributed by atoms with van der Waals surface area (Å²) in [5.41, 5.74) is 2.31. The zero-order chi connectivity index (χ0) is 21.6. The summed E-state index contributed by atoms with van der Waals surface area (Å²) < 4.78 is 11.2. The molecular formula is C24H27N3O4. The van der Waals surface area contributed by atoms with Crippen molar-refractivity contribution in [1.82, 2.24) is 4.90 Å². The van der Waals surface area contributed by atoms with Crippen LogP contribution in [0.3, 0.4) is 0 Å². The van der Waals surface area contributed by atoms with Crippen LogP contribution in [0, 0.1) is 0 Å². The first-order valence-electron chi connectivity index (χ1n) is 10.6. The maximum Gasteiger partial charge on any atom is 0.267 e. The Kier molecular flexibility index (Phi) is 6.64. The number of nitrogens with one attached hydrogen (secondary N) is 1. The number of hydrogen-bond acceptors (Lipinski definition) is 5. The molecule has 31 heavy (non-hydrogen) atoms. The third-order valence-corrected chi connectivity index (χ3v) is 5.41. The van der Waals surface area contributed by atoms with Crippen LogP contribution in [0.5, 0.6) is 5.75 Å². The molecule has 0 spiro atoms. The fourth-order valence-corrected chi connectivity index (χ4v) is 3.71. The third-order valence-electron chi connectivity index (χ3n) is 5.41. The van der Waals surface area contributed by atoms with Gasteiger partial charge in [0.25, 0.3) is 5.91 Å². The minimum atomic E-state index is -0.568. The van der Waals surface area contributed by atoms with Crippen molar-refractivity contribution in [1.29, 1.82) is 0 Å². The highest BCUT2D eigenvalue weighted by Gasteiger charge is 2.32. The molecule has 2 amide bonds. The summed E-state index contributed by atoms with van der Waals surface area (Å²) in [5, 5.41) is 2.86. The molecule has 2 aliphatic heterocycles. The molecule has 0 radical (unpaired) electrons. The van der Waals surface area contributed by atoms with Gasteiger partial charge in [-0.1, -0.05) is 30.3 Å². The van der Waals surface area contributed by atoms with Crippen LogP contribution in [0.1, 0.15) is 12.5 Å². The number of benzene rings is 2. The molecule has 162 valence electrons. The monoisotopic (exact) mass is 421 g/mol. The Labute approximate surface area is 182 Å². The second kappa shape index (κ2) is 9.76. The van der Waals surface area contributed by atoms with Gasteiger partial charge in [0.1, 0.15) is 5.75 Å². The normalized spacial score (nSPS) is 19.2. The summed E-state index contributed by atoms with van der Waals surface area (Å²) in [6.07, 6.45) is 2.69. The lowest BCUT2D eigenvalue weighted by molar-refractivity contribution is -0.125. The summed E-state index contributed by atoms with van der Waals surface area (Å²) >= 11 is 0. The molecule has 7 heteroatoms. The standard InChI is InChI=1S/C24H27N3O4/c1-18-24(29)27(12-11-26-13-15-30-16-14-26)21-9-8-20(17-22(21)31-18)25-23(28)10-7-19-5-3-2-4-6-19/h2-10,17-18H,11-16H2,1H3,(H,25,28)/b10-7+. The van der Waals surface area contributed by atoms with E-state index < -0.39 is 6.10 Å². The summed E-state index contributed by atoms with van der Waals surface area (Å²) in [6.45, 7) is 6.33. The van der Waals surface area contributed by atoms with Crippen LogP contribution >= 0.6 is 0 Å². The average molecular weight is 421 g/mol. The molecule has 1 saturated heterocycles. The number of carbonyl (C=O) groups excluding carboxylic acids is 2. The predicted molar refractivity (Wildman–Crippen MR) is 120 cm³/mol. The van der Waals surface area contributed by atoms with Crippen LogP contribution in [0.2, 0.25) is 0 Å². The first-order valence-corrected chi connectivity index (χ1v) is 10.6. The Morgan fingerprint density at radius 3 is 2.68 bits per heavy atom. The van der Waals surface area contributed by atoms with Crippen LogP contribution in [-0.4, -0.2) is 62.2 Å². The first kappa shape index (κ1) is 21.1. The second-order valence-electron chi connectivity index (χ2n) is 7.62. The number of fused-ring (bicyclic) bond motifs is 1. The lowest BCUT2D eigenvalue weighted by Gasteiger charge is -2.35. The maximum absolute atomic E-state index is 12.7. The van der Waals surface area contributed by atoms with Gasteiger partial charge in [0.2, 0.25) is 5.91 Å². The quantitative estimate of drug-likeness (QED) is 0.727. The lowest BCUT2D eigenvalue weighted by atomic mass is 10.1. The van der Waals surface area contributed by atoms with Crippen molar-refractivity contribution in [3.05, 3.63) is 60.2 Å². The zero-order valence-corrected chi connectivity index (χ0v) is 17.6. The molecule has 4 rings (SSSR count). The van der Waals surface area contributed by atoms with Gasteiger partial charge in [-0.05, 0) is 30.7 Å². The molecular weight excluding hydrogens is 394 g/mol. The van der Waals surface area contributed by atoms with Crippen LogP contribution in [0.15, 0.2) is 54.6 Å². The Morgan fingerprint density at radius 2 is 1.90 bits per heavy atom. The van der Waals surface area contributed by atoms with Gasteiger partial charge in [-0.2, -0.15) is 0 Å². The number of rotatable bonds is 6. The molecule has 7 nitrogen and oxygen atoms in total. The van der Waals surface area contributed by atoms with Gasteiger partial charge in [-0.25, -0.2) is 0 Å². The average Bonchev–Trinajstić information content (AvgIpc) is 2.79. The van der Waals surface area contributed by atoms with Crippen molar-refractivity contribution >= 4 is 29.3 Å². The van der Waals surface area contributed by atoms with Gasteiger partial charge >= 0.3 is 0 Å². The highest BCUT2D eigenvalue weighted by atomic mass is 16.5. The van der Waals surface area contributed by atoms with Crippen molar-refractivity contribution in [3.63, 3.8) is 0 Å². The van der Waals surface area contributed by atoms with Crippen molar-refractivity contribution in [2.24, 2.45) is 0 Å². The van der Waals surface area contributed by atoms with Gasteiger partial charge in [0.15, 0.2) is 6.10 Å². The maximum atomic E-state index is 12.7. The van der Waals surface area contributed by atoms with Crippen LogP contribution in [0.25, 0.3) is 6.08 Å². The second-order valence-corrected chi connectivity index (χ2v) is 7.62. The van der Waals surface area contributed by atoms with E-state index in [0.29, 0.717) is 18.0 Å². The molecule has 1 unspecified atom stereocenters. The number of hydrogen-bond donors (Lipinski definition) is 1. The highest BCUT2D eigenvalue weighted by molar-refractivity contribution is 6.03. The van der Waals surface area contributed by atoms with E-state index >= 15 is 0 Å². The number of nitrogens with zero attached hydrogens (tertiary/aromatic N) is 2. The molecule has 0 aromatic heterocycles. The Balaban J connectivity index is 1.43. The van der Waals surface area contributed by atoms with Gasteiger partial charge < -0.3 is 19.7 Å². The van der Waals surface area contributed by atoms with Gasteiger partial charge in [0.05, 0.1) is 18.9 Å². The number of anilines is 2. The van der Waals surface area contributed by atoms with Crippen LogP contribution in [-0.2, 0) is 14.3 Å². The van der Waals surface area contributed by atoms with E-state index in [0.717, 1.165) is 44.1 Å². The molecule has 1 atom stereocenters. The molecule has 2 aliphatic rings. The fourth-order valence-electron chi connectivity index (χ4n) is 3.71. The molecule has 2 heterocycles. The van der Waals surface area contributed by atoms with Crippen molar-refractivity contribution in [2.45, 2.75) is 13.0 Å². The molecule has 2 aromatic rings. The summed E-state index contributed by atoms with van der Waals surface area (Å²) in [7, 11) is 0. The molecule has 2 aromatic carbocycles. The van der Waals surface area contributed by atoms with Crippen LogP contribution in [0.4, 0.5) is 11.4 Å². The molecule has 0 saturated carbocycles. The summed E-state index contributed by atoms with van der Waals surface area (Å²) in [6, 6.07) is 15.0. The van der Waals surface area contributed by atoms with E-state index in [1.807, 2.05) is 36.4 Å². The zero-order valence-electron chi connectivity index (χ0n) is 17.6. The van der Waals surface area contributed by atoms with E-state index in [1.165, 1.54) is 6.08 Å². The first-order chi connectivity index (χ1) is 15.1. The Hall–Kier alpha value is -3.16. The van der Waals surface area contributed by atoms with E-state index in [1.54, 1.807) is 30.0 Å². The van der Waals surface area contributed by atoms with Crippen LogP contribution < -0.4 is 15.0 Å². The molecule has 0 bridgehead atoms. The Bertz CT molecular complexity index is 955. The van der Waals surface area contributed by atoms with Crippen molar-refractivity contribution in [2.75, 3.05) is 49.6 Å². The van der Waals surface area contributed by atoms with E-state index in [4.69, 9.17) is 9.47 Å². The largest absolute Gasteiger partial charge is 0.479 e. The van der Waals surface area contributed by atoms with Gasteiger partial charge in [0, 0.05) is 44.0 Å². The smallest absolute Gasteiger partial charge is 0.267 e. The van der Waals surface area contributed by atoms with Gasteiger partial charge in [-0.3, -0.25) is 14.5 Å². The Morgan fingerprint density at radius 1 is 1.13 bits per heavy atom. The fraction of sp³-hybridized carbons (Fsp3) is 0.333. The number of morpholine rings is 1. The summed E-state index contributed by atoms with van der Waals surface area (Å²) in [4.78, 5) is 29.1. The molecule has 1 N–H and O–H groups in total. The van der Waals surface area contributed by atoms with Gasteiger partial charge in [-0.15, -0.1) is 0 Å². The summed E-state index contributed by atoms with van der Waals surface area (Å²) in [5.74, 6) is 0.315. The number of amides is 2. The topological polar surface area (TPSA) is 71.1 Å². The third kappa shape index (κ3) is 5.31. The minimum absolute atomic E-state index is 0.0525. The van der Waals surface area contributed by atoms with E-state index in [2.05, 4.69) is 10.2 Å². The lowest BCUT2D eigenvalue weighted by Crippen LogP contribution is -2.48. The molecule has 0 aliphatic carbocycles. The SMILES string of the molecule is CC1Oc2cc(NC(=O)/C=C/c3ccccc3)ccc2N(CCN2CCOCC2)C1=O. The highest BCUT2D eigenvalue weighted by Crippen LogP contribution is 2.36. The van der Waals surface area contributed by atoms with E-state index in [9.17, 15) is 9.59 Å². The van der Waals surface area contributed by atoms with E-state index in [-0.39, 0.29) is 11.8 Å². The number of carbonyl (C=O) groups is 2. The predicted octanol–water partition coefficient (Wildman–Crippen LogP) is 2.78.